The van der Waals surface area contributed by atoms with Gasteiger partial charge in [-0.2, -0.15) is 0 Å². The Hall–Kier alpha value is -11.1. The van der Waals surface area contributed by atoms with E-state index in [1.807, 2.05) is 11.3 Å². The highest BCUT2D eigenvalue weighted by atomic mass is 32.1. The third-order valence-corrected chi connectivity index (χ3v) is 26.5. The van der Waals surface area contributed by atoms with Crippen LogP contribution < -0.4 is 25.6 Å². The first-order chi connectivity index (χ1) is 44.7. The standard InChI is InChI=1S/C85H52N2OSSi/c1-3-21-54(22-4-1)85(70-33-13-7-25-60(70)61-26-8-14-34-71(61)85)55-42-44-57(45-43-55)86(58-46-48-73-68(52-58)62-27-9-15-35-72(62)87(73)56-23-5-2-6-24-56)74-36-20-37-75-81(74)66-47-49-76-82(83(66)88-75)67-32-19-31-59(84(67)89-76)53-41-50-80-69(51-53)65-30-12-18-40-79(65)90(80)77-38-16-10-28-63(77)64-29-11-17-39-78(64)90/h1-52H. The van der Waals surface area contributed by atoms with Crippen molar-refractivity contribution in [3.63, 3.8) is 0 Å². The van der Waals surface area contributed by atoms with E-state index >= 15 is 0 Å². The lowest BCUT2D eigenvalue weighted by Crippen LogP contribution is -2.70. The summed E-state index contributed by atoms with van der Waals surface area (Å²) < 4.78 is 12.2. The molecule has 418 valence electrons. The van der Waals surface area contributed by atoms with Crippen LogP contribution in [0.4, 0.5) is 17.1 Å². The molecule has 0 saturated carbocycles. The number of hydrogen-bond acceptors (Lipinski definition) is 3. The number of aromatic nitrogens is 1. The Morgan fingerprint density at radius 3 is 1.63 bits per heavy atom. The third-order valence-electron chi connectivity index (χ3n) is 20.3. The smallest absolute Gasteiger partial charge is 0.182 e. The van der Waals surface area contributed by atoms with Gasteiger partial charge in [-0.05, 0) is 166 Å². The summed E-state index contributed by atoms with van der Waals surface area (Å²) in [6, 6.07) is 118. The van der Waals surface area contributed by atoms with Crippen molar-refractivity contribution in [3.05, 3.63) is 338 Å². The Balaban J connectivity index is 0.778. The molecule has 2 aliphatic heterocycles. The van der Waals surface area contributed by atoms with Gasteiger partial charge in [-0.15, -0.1) is 11.3 Å². The SMILES string of the molecule is c1ccc(-n2c3ccccc3c3cc(N(c4ccc(C5(c6ccccc6)c6ccccc6-c6ccccc65)cc4)c4cccc5oc6c(ccc7sc8c(-c9ccc%10c(c9)-c9ccccc9[Si]%109c%10ccccc%10-c%10ccccc%109)cccc8c76)c45)ccc32)cc1. The molecule has 3 nitrogen and oxygen atoms in total. The van der Waals surface area contributed by atoms with Gasteiger partial charge >= 0.3 is 0 Å². The molecular formula is C85H52N2OSSi. The van der Waals surface area contributed by atoms with Crippen LogP contribution in [0.1, 0.15) is 22.3 Å². The molecule has 3 aromatic heterocycles. The summed E-state index contributed by atoms with van der Waals surface area (Å²) >= 11 is 1.87. The van der Waals surface area contributed by atoms with Crippen molar-refractivity contribution in [2.45, 2.75) is 5.41 Å². The lowest BCUT2D eigenvalue weighted by molar-refractivity contribution is 0.673. The molecule has 0 bridgehead atoms. The van der Waals surface area contributed by atoms with E-state index in [1.54, 1.807) is 0 Å². The number of para-hydroxylation sites is 2. The molecule has 1 spiro atoms. The summed E-state index contributed by atoms with van der Waals surface area (Å²) in [4.78, 5) is 2.47. The lowest BCUT2D eigenvalue weighted by atomic mass is 9.68. The largest absolute Gasteiger partial charge is 0.455 e. The molecule has 3 aliphatic rings. The number of thiophene rings is 1. The first-order valence-electron chi connectivity index (χ1n) is 31.1. The van der Waals surface area contributed by atoms with E-state index in [9.17, 15) is 0 Å². The number of nitrogens with zero attached hydrogens (tertiary/aromatic N) is 2. The van der Waals surface area contributed by atoms with Gasteiger partial charge in [0.2, 0.25) is 0 Å². The molecule has 14 aromatic carbocycles. The average molecular weight is 1180 g/mol. The summed E-state index contributed by atoms with van der Waals surface area (Å²) in [7, 11) is -2.56. The van der Waals surface area contributed by atoms with Gasteiger partial charge in [0, 0.05) is 53.4 Å². The predicted octanol–water partition coefficient (Wildman–Crippen LogP) is 19.9. The van der Waals surface area contributed by atoms with E-state index in [0.29, 0.717) is 0 Å². The maximum Gasteiger partial charge on any atom is 0.182 e. The molecule has 0 N–H and O–H groups in total. The van der Waals surface area contributed by atoms with Gasteiger partial charge in [-0.1, -0.05) is 237 Å². The minimum atomic E-state index is -2.56. The van der Waals surface area contributed by atoms with Crippen LogP contribution in [0.5, 0.6) is 0 Å². The molecule has 17 aromatic rings. The predicted molar refractivity (Wildman–Crippen MR) is 380 cm³/mol. The summed E-state index contributed by atoms with van der Waals surface area (Å²) in [5.41, 5.74) is 23.4. The number of fused-ring (bicyclic) bond motifs is 23. The summed E-state index contributed by atoms with van der Waals surface area (Å²) in [5.74, 6) is 0. The zero-order chi connectivity index (χ0) is 58.8. The quantitative estimate of drug-likeness (QED) is 0.148. The fraction of sp³-hybridized carbons (Fsp3) is 0.0118. The van der Waals surface area contributed by atoms with E-state index in [4.69, 9.17) is 4.42 Å². The van der Waals surface area contributed by atoms with Crippen LogP contribution in [0.25, 0.3) is 114 Å². The minimum Gasteiger partial charge on any atom is -0.455 e. The Morgan fingerprint density at radius 2 is 0.911 bits per heavy atom. The van der Waals surface area contributed by atoms with Crippen molar-refractivity contribution in [2.24, 2.45) is 0 Å². The molecular weight excluding hydrogens is 1130 g/mol. The molecule has 20 rings (SSSR count). The molecule has 0 radical (unpaired) electrons. The van der Waals surface area contributed by atoms with Gasteiger partial charge in [0.15, 0.2) is 8.07 Å². The van der Waals surface area contributed by atoms with Crippen molar-refractivity contribution < 1.29 is 4.42 Å². The molecule has 0 fully saturated rings. The van der Waals surface area contributed by atoms with E-state index in [0.717, 1.165) is 55.6 Å². The monoisotopic (exact) mass is 1180 g/mol. The summed E-state index contributed by atoms with van der Waals surface area (Å²) in [5, 5.41) is 12.9. The van der Waals surface area contributed by atoms with Gasteiger partial charge in [-0.3, -0.25) is 0 Å². The van der Waals surface area contributed by atoms with Crippen molar-refractivity contribution >= 4 is 121 Å². The van der Waals surface area contributed by atoms with E-state index in [-0.39, 0.29) is 0 Å². The normalized spacial score (nSPS) is 13.7. The Kier molecular flexibility index (Phi) is 10.4. The Bertz CT molecular complexity index is 5780. The molecule has 5 heteroatoms. The van der Waals surface area contributed by atoms with Crippen LogP contribution in [0, 0.1) is 0 Å². The molecule has 0 amide bonds. The third kappa shape index (κ3) is 6.56. The first-order valence-corrected chi connectivity index (χ1v) is 34.0. The highest BCUT2D eigenvalue weighted by Gasteiger charge is 2.54. The molecule has 90 heavy (non-hydrogen) atoms. The van der Waals surface area contributed by atoms with E-state index < -0.39 is 13.5 Å². The molecule has 0 unspecified atom stereocenters. The van der Waals surface area contributed by atoms with E-state index in [1.165, 1.54) is 119 Å². The van der Waals surface area contributed by atoms with Crippen molar-refractivity contribution in [1.29, 1.82) is 0 Å². The van der Waals surface area contributed by atoms with Gasteiger partial charge in [0.05, 0.1) is 27.5 Å². The van der Waals surface area contributed by atoms with Crippen molar-refractivity contribution in [2.75, 3.05) is 4.90 Å². The number of benzene rings is 14. The summed E-state index contributed by atoms with van der Waals surface area (Å²) in [6.45, 7) is 0. The molecule has 5 heterocycles. The van der Waals surface area contributed by atoms with Crippen LogP contribution in [0.2, 0.25) is 0 Å². The highest BCUT2D eigenvalue weighted by Crippen LogP contribution is 2.57. The van der Waals surface area contributed by atoms with Crippen LogP contribution in [-0.4, -0.2) is 12.6 Å². The maximum absolute atomic E-state index is 7.33. The molecule has 0 atom stereocenters. The van der Waals surface area contributed by atoms with Gasteiger partial charge < -0.3 is 13.9 Å². The molecule has 1 aliphatic carbocycles. The average Bonchev–Trinajstić information content (AvgIpc) is 1.54. The first kappa shape index (κ1) is 50.0. The van der Waals surface area contributed by atoms with Crippen LogP contribution in [-0.2, 0) is 5.41 Å². The number of anilines is 3. The summed E-state index contributed by atoms with van der Waals surface area (Å²) in [6.07, 6.45) is 0. The lowest BCUT2D eigenvalue weighted by Gasteiger charge is -2.34. The second kappa shape index (κ2) is 18.7. The zero-order valence-electron chi connectivity index (χ0n) is 48.7. The second-order valence-electron chi connectivity index (χ2n) is 24.5. The number of furan rings is 1. The Labute approximate surface area is 524 Å². The fourth-order valence-corrected chi connectivity index (χ4v) is 23.6. The van der Waals surface area contributed by atoms with Gasteiger partial charge in [-0.25, -0.2) is 0 Å². The topological polar surface area (TPSA) is 21.3 Å². The minimum absolute atomic E-state index is 0.531. The van der Waals surface area contributed by atoms with Crippen LogP contribution in [0.3, 0.4) is 0 Å². The highest BCUT2D eigenvalue weighted by molar-refractivity contribution is 7.26. The number of rotatable bonds is 7. The molecule has 0 saturated heterocycles. The second-order valence-corrected chi connectivity index (χ2v) is 29.2. The van der Waals surface area contributed by atoms with Crippen LogP contribution >= 0.6 is 11.3 Å². The van der Waals surface area contributed by atoms with Crippen LogP contribution in [0.15, 0.2) is 320 Å². The van der Waals surface area contributed by atoms with Gasteiger partial charge in [0.25, 0.3) is 0 Å². The van der Waals surface area contributed by atoms with Crippen molar-refractivity contribution in [3.8, 4) is 50.2 Å². The maximum atomic E-state index is 7.33. The Morgan fingerprint density at radius 1 is 0.356 bits per heavy atom. The number of hydrogen-bond donors (Lipinski definition) is 0. The fourth-order valence-electron chi connectivity index (χ4n) is 16.8. The zero-order valence-corrected chi connectivity index (χ0v) is 50.5. The van der Waals surface area contributed by atoms with Crippen molar-refractivity contribution in [1.82, 2.24) is 4.57 Å². The van der Waals surface area contributed by atoms with Gasteiger partial charge in [0.1, 0.15) is 11.2 Å². The van der Waals surface area contributed by atoms with E-state index in [2.05, 4.69) is 325 Å².